The van der Waals surface area contributed by atoms with E-state index in [0.717, 1.165) is 39.3 Å². The minimum absolute atomic E-state index is 0.0389. The Labute approximate surface area is 104 Å². The average molecular weight is 240 g/mol. The molecule has 2 fully saturated rings. The molecule has 0 saturated carbocycles. The highest BCUT2D eigenvalue weighted by Crippen LogP contribution is 2.19. The van der Waals surface area contributed by atoms with E-state index in [1.165, 1.54) is 0 Å². The van der Waals surface area contributed by atoms with Crippen molar-refractivity contribution < 1.29 is 4.79 Å². The molecule has 0 bridgehead atoms. The van der Waals surface area contributed by atoms with Crippen LogP contribution in [-0.2, 0) is 4.79 Å². The molecule has 1 amide bonds. The Morgan fingerprint density at radius 1 is 1.29 bits per heavy atom. The molecule has 0 spiro atoms. The van der Waals surface area contributed by atoms with Crippen molar-refractivity contribution in [3.05, 3.63) is 0 Å². The van der Waals surface area contributed by atoms with Crippen molar-refractivity contribution in [1.29, 1.82) is 0 Å². The number of carbonyl (C=O) groups is 1. The second-order valence-corrected chi connectivity index (χ2v) is 5.70. The second-order valence-electron chi connectivity index (χ2n) is 5.70. The first kappa shape index (κ1) is 12.8. The topological polar surface area (TPSA) is 47.6 Å². The largest absolute Gasteiger partial charge is 0.338 e. The number of hydrogen-bond donors (Lipinski definition) is 2. The lowest BCUT2D eigenvalue weighted by Crippen LogP contribution is -2.63. The molecule has 5 heteroatoms. The van der Waals surface area contributed by atoms with E-state index in [2.05, 4.69) is 36.4 Å². The SMILES string of the molecule is CN1CCN(C(=O)C2CNCCN2)CC1(C)C. The van der Waals surface area contributed by atoms with Gasteiger partial charge in [-0.2, -0.15) is 0 Å². The van der Waals surface area contributed by atoms with E-state index in [4.69, 9.17) is 0 Å². The standard InChI is InChI=1S/C12H24N4O/c1-12(2)9-16(7-6-15(12)3)11(17)10-8-13-4-5-14-10/h10,13-14H,4-9H2,1-3H3. The van der Waals surface area contributed by atoms with Gasteiger partial charge in [0, 0.05) is 44.8 Å². The predicted octanol–water partition coefficient (Wildman–Crippen LogP) is -0.900. The summed E-state index contributed by atoms with van der Waals surface area (Å²) in [6.45, 7) is 9.60. The molecule has 0 aliphatic carbocycles. The molecule has 17 heavy (non-hydrogen) atoms. The number of nitrogens with zero attached hydrogens (tertiary/aromatic N) is 2. The van der Waals surface area contributed by atoms with Gasteiger partial charge in [0.2, 0.25) is 5.91 Å². The Morgan fingerprint density at radius 2 is 2.06 bits per heavy atom. The molecule has 98 valence electrons. The van der Waals surface area contributed by atoms with Crippen molar-refractivity contribution in [3.63, 3.8) is 0 Å². The summed E-state index contributed by atoms with van der Waals surface area (Å²) in [5.41, 5.74) is 0.0794. The highest BCUT2D eigenvalue weighted by Gasteiger charge is 2.35. The first-order valence-electron chi connectivity index (χ1n) is 6.45. The minimum Gasteiger partial charge on any atom is -0.338 e. The van der Waals surface area contributed by atoms with Gasteiger partial charge < -0.3 is 15.5 Å². The van der Waals surface area contributed by atoms with Crippen LogP contribution in [0.15, 0.2) is 0 Å². The van der Waals surface area contributed by atoms with Gasteiger partial charge in [0.1, 0.15) is 0 Å². The van der Waals surface area contributed by atoms with Crippen LogP contribution in [0.25, 0.3) is 0 Å². The van der Waals surface area contributed by atoms with Gasteiger partial charge in [-0.05, 0) is 20.9 Å². The third-order valence-corrected chi connectivity index (χ3v) is 3.97. The zero-order valence-electron chi connectivity index (χ0n) is 11.1. The molecular formula is C12H24N4O. The number of hydrogen-bond acceptors (Lipinski definition) is 4. The summed E-state index contributed by atoms with van der Waals surface area (Å²) in [6.07, 6.45) is 0. The number of piperazine rings is 2. The highest BCUT2D eigenvalue weighted by atomic mass is 16.2. The van der Waals surface area contributed by atoms with Gasteiger partial charge >= 0.3 is 0 Å². The zero-order chi connectivity index (χ0) is 12.5. The van der Waals surface area contributed by atoms with Crippen molar-refractivity contribution in [3.8, 4) is 0 Å². The van der Waals surface area contributed by atoms with E-state index in [0.29, 0.717) is 0 Å². The summed E-state index contributed by atoms with van der Waals surface area (Å²) in [5.74, 6) is 0.248. The highest BCUT2D eigenvalue weighted by molar-refractivity contribution is 5.82. The van der Waals surface area contributed by atoms with Crippen LogP contribution in [0.4, 0.5) is 0 Å². The van der Waals surface area contributed by atoms with E-state index in [9.17, 15) is 4.79 Å². The summed E-state index contributed by atoms with van der Waals surface area (Å²) in [4.78, 5) is 16.7. The Hall–Kier alpha value is -0.650. The van der Waals surface area contributed by atoms with Crippen LogP contribution in [0.3, 0.4) is 0 Å². The van der Waals surface area contributed by atoms with Gasteiger partial charge in [0.15, 0.2) is 0 Å². The van der Waals surface area contributed by atoms with Crippen molar-refractivity contribution in [2.24, 2.45) is 0 Å². The van der Waals surface area contributed by atoms with Crippen molar-refractivity contribution in [2.75, 3.05) is 46.3 Å². The summed E-state index contributed by atoms with van der Waals surface area (Å²) < 4.78 is 0. The molecule has 0 aromatic heterocycles. The monoisotopic (exact) mass is 240 g/mol. The molecular weight excluding hydrogens is 216 g/mol. The second kappa shape index (κ2) is 4.92. The van der Waals surface area contributed by atoms with E-state index in [1.54, 1.807) is 0 Å². The van der Waals surface area contributed by atoms with Crippen molar-refractivity contribution in [1.82, 2.24) is 20.4 Å². The molecule has 0 aromatic rings. The van der Waals surface area contributed by atoms with Crippen LogP contribution < -0.4 is 10.6 Å². The van der Waals surface area contributed by atoms with Gasteiger partial charge in [-0.25, -0.2) is 0 Å². The summed E-state index contributed by atoms with van der Waals surface area (Å²) >= 11 is 0. The van der Waals surface area contributed by atoms with E-state index < -0.39 is 0 Å². The molecule has 0 aromatic carbocycles. The Morgan fingerprint density at radius 3 is 2.65 bits per heavy atom. The molecule has 1 unspecified atom stereocenters. The molecule has 5 nitrogen and oxygen atoms in total. The minimum atomic E-state index is -0.0389. The number of rotatable bonds is 1. The maximum absolute atomic E-state index is 12.4. The molecule has 2 N–H and O–H groups in total. The van der Waals surface area contributed by atoms with Gasteiger partial charge in [0.25, 0.3) is 0 Å². The fraction of sp³-hybridized carbons (Fsp3) is 0.917. The first-order valence-corrected chi connectivity index (χ1v) is 6.45. The number of carbonyl (C=O) groups excluding carboxylic acids is 1. The van der Waals surface area contributed by atoms with E-state index in [-0.39, 0.29) is 17.5 Å². The number of nitrogens with one attached hydrogen (secondary N) is 2. The lowest BCUT2D eigenvalue weighted by Gasteiger charge is -2.46. The molecule has 2 heterocycles. The summed E-state index contributed by atoms with van der Waals surface area (Å²) in [6, 6.07) is -0.0389. The van der Waals surface area contributed by atoms with Crippen LogP contribution in [-0.4, -0.2) is 73.6 Å². The Bertz CT molecular complexity index is 286. The van der Waals surface area contributed by atoms with Crippen LogP contribution in [0.5, 0.6) is 0 Å². The van der Waals surface area contributed by atoms with Crippen LogP contribution in [0, 0.1) is 0 Å². The fourth-order valence-corrected chi connectivity index (χ4v) is 2.48. The molecule has 1 atom stereocenters. The van der Waals surface area contributed by atoms with Gasteiger partial charge in [-0.3, -0.25) is 9.69 Å². The molecule has 2 saturated heterocycles. The lowest BCUT2D eigenvalue weighted by molar-refractivity contribution is -0.138. The zero-order valence-corrected chi connectivity index (χ0v) is 11.1. The van der Waals surface area contributed by atoms with Gasteiger partial charge in [0.05, 0.1) is 6.04 Å². The van der Waals surface area contributed by atoms with Crippen molar-refractivity contribution in [2.45, 2.75) is 25.4 Å². The summed E-state index contributed by atoms with van der Waals surface area (Å²) in [7, 11) is 2.13. The molecule has 2 aliphatic rings. The average Bonchev–Trinajstić information content (AvgIpc) is 2.33. The van der Waals surface area contributed by atoms with Gasteiger partial charge in [-0.1, -0.05) is 0 Å². The normalized spacial score (nSPS) is 30.3. The van der Waals surface area contributed by atoms with Crippen LogP contribution in [0.1, 0.15) is 13.8 Å². The maximum atomic E-state index is 12.4. The number of amides is 1. The van der Waals surface area contributed by atoms with Gasteiger partial charge in [-0.15, -0.1) is 0 Å². The third-order valence-electron chi connectivity index (χ3n) is 3.97. The van der Waals surface area contributed by atoms with Crippen LogP contribution >= 0.6 is 0 Å². The lowest BCUT2D eigenvalue weighted by atomic mass is 9.99. The molecule has 2 rings (SSSR count). The molecule has 2 aliphatic heterocycles. The van der Waals surface area contributed by atoms with E-state index >= 15 is 0 Å². The predicted molar refractivity (Wildman–Crippen MR) is 67.9 cm³/mol. The third kappa shape index (κ3) is 2.78. The van der Waals surface area contributed by atoms with Crippen molar-refractivity contribution >= 4 is 5.91 Å². The quantitative estimate of drug-likeness (QED) is 0.624. The smallest absolute Gasteiger partial charge is 0.241 e. The maximum Gasteiger partial charge on any atom is 0.241 e. The van der Waals surface area contributed by atoms with Crippen LogP contribution in [0.2, 0.25) is 0 Å². The van der Waals surface area contributed by atoms with E-state index in [1.807, 2.05) is 4.90 Å². The summed E-state index contributed by atoms with van der Waals surface area (Å²) in [5, 5.41) is 6.55. The fourth-order valence-electron chi connectivity index (χ4n) is 2.48. The Balaban J connectivity index is 1.95. The molecule has 0 radical (unpaired) electrons. The first-order chi connectivity index (χ1) is 8.00. The Kier molecular flexibility index (Phi) is 3.70. The number of likely N-dealkylation sites (N-methyl/N-ethyl adjacent to an activating group) is 1.